The maximum atomic E-state index is 12.0. The van der Waals surface area contributed by atoms with Crippen LogP contribution in [0.2, 0.25) is 0 Å². The second-order valence-electron chi connectivity index (χ2n) is 5.84. The molecule has 5 nitrogen and oxygen atoms in total. The van der Waals surface area contributed by atoms with Gasteiger partial charge in [0, 0.05) is 36.2 Å². The number of carbonyl (C=O) groups excluding carboxylic acids is 2. The summed E-state index contributed by atoms with van der Waals surface area (Å²) in [6, 6.07) is 7.54. The van der Waals surface area contributed by atoms with Crippen molar-refractivity contribution in [1.82, 2.24) is 10.2 Å². The molecule has 1 aliphatic heterocycles. The Bertz CT molecular complexity index is 533. The fraction of sp³-hybridized carbons (Fsp3) is 0.529. The van der Waals surface area contributed by atoms with Crippen molar-refractivity contribution in [2.24, 2.45) is 5.92 Å². The summed E-state index contributed by atoms with van der Waals surface area (Å²) in [5, 5.41) is 5.79. The fourth-order valence-corrected chi connectivity index (χ4v) is 3.07. The lowest BCUT2D eigenvalue weighted by Gasteiger charge is -2.31. The Balaban J connectivity index is 1.75. The first-order valence-electron chi connectivity index (χ1n) is 8.14. The topological polar surface area (TPSA) is 61.4 Å². The first-order valence-corrected chi connectivity index (χ1v) is 8.93. The molecule has 0 saturated carbocycles. The normalized spacial score (nSPS) is 18.4. The summed E-state index contributed by atoms with van der Waals surface area (Å²) in [4.78, 5) is 26.2. The molecule has 1 atom stereocenters. The zero-order valence-electron chi connectivity index (χ0n) is 13.5. The van der Waals surface area contributed by atoms with Crippen molar-refractivity contribution in [3.05, 3.63) is 28.7 Å². The van der Waals surface area contributed by atoms with Crippen LogP contribution in [0, 0.1) is 5.92 Å². The van der Waals surface area contributed by atoms with Gasteiger partial charge in [-0.3, -0.25) is 9.59 Å². The highest BCUT2D eigenvalue weighted by Crippen LogP contribution is 2.17. The number of hydrogen-bond acceptors (Lipinski definition) is 3. The molecule has 1 aliphatic rings. The molecular formula is C17H24BrN3O2. The summed E-state index contributed by atoms with van der Waals surface area (Å²) in [6.07, 6.45) is 2.39. The van der Waals surface area contributed by atoms with Crippen molar-refractivity contribution in [1.29, 1.82) is 0 Å². The maximum Gasteiger partial charge on any atom is 0.225 e. The van der Waals surface area contributed by atoms with Crippen LogP contribution in [0.5, 0.6) is 0 Å². The lowest BCUT2D eigenvalue weighted by atomic mass is 9.97. The quantitative estimate of drug-likeness (QED) is 0.795. The van der Waals surface area contributed by atoms with Gasteiger partial charge in [-0.2, -0.15) is 0 Å². The monoisotopic (exact) mass is 381 g/mol. The van der Waals surface area contributed by atoms with Crippen LogP contribution < -0.4 is 10.6 Å². The minimum Gasteiger partial charge on any atom is -0.356 e. The third-order valence-corrected chi connectivity index (χ3v) is 4.54. The molecule has 1 aromatic carbocycles. The molecule has 2 amide bonds. The average molecular weight is 382 g/mol. The molecule has 0 aliphatic carbocycles. The number of nitrogens with one attached hydrogen (secondary N) is 2. The Hall–Kier alpha value is -1.40. The molecule has 1 unspecified atom stereocenters. The van der Waals surface area contributed by atoms with E-state index in [2.05, 4.69) is 31.5 Å². The summed E-state index contributed by atoms with van der Waals surface area (Å²) in [6.45, 7) is 5.01. The number of rotatable bonds is 6. The van der Waals surface area contributed by atoms with Gasteiger partial charge in [-0.15, -0.1) is 0 Å². The lowest BCUT2D eigenvalue weighted by Crippen LogP contribution is -2.43. The largest absolute Gasteiger partial charge is 0.356 e. The molecule has 1 fully saturated rings. The highest BCUT2D eigenvalue weighted by molar-refractivity contribution is 9.10. The predicted molar refractivity (Wildman–Crippen MR) is 95.2 cm³/mol. The number of piperidine rings is 1. The zero-order chi connectivity index (χ0) is 16.7. The Labute approximate surface area is 145 Å². The summed E-state index contributed by atoms with van der Waals surface area (Å²) >= 11 is 3.37. The number of benzene rings is 1. The summed E-state index contributed by atoms with van der Waals surface area (Å²) in [5.41, 5.74) is 0.803. The van der Waals surface area contributed by atoms with E-state index in [0.29, 0.717) is 19.5 Å². The number of amides is 2. The number of nitrogens with zero attached hydrogens (tertiary/aromatic N) is 1. The zero-order valence-corrected chi connectivity index (χ0v) is 15.1. The summed E-state index contributed by atoms with van der Waals surface area (Å²) < 4.78 is 0.986. The Morgan fingerprint density at radius 1 is 1.30 bits per heavy atom. The molecule has 0 aromatic heterocycles. The van der Waals surface area contributed by atoms with Crippen molar-refractivity contribution >= 4 is 33.4 Å². The van der Waals surface area contributed by atoms with Crippen molar-refractivity contribution in [2.75, 3.05) is 31.5 Å². The van der Waals surface area contributed by atoms with Gasteiger partial charge < -0.3 is 15.5 Å². The third kappa shape index (κ3) is 5.95. The van der Waals surface area contributed by atoms with Gasteiger partial charge in [0.25, 0.3) is 0 Å². The van der Waals surface area contributed by atoms with Gasteiger partial charge >= 0.3 is 0 Å². The van der Waals surface area contributed by atoms with Crippen LogP contribution in [0.3, 0.4) is 0 Å². The molecule has 2 rings (SSSR count). The van der Waals surface area contributed by atoms with E-state index in [0.717, 1.165) is 36.1 Å². The Kier molecular flexibility index (Phi) is 7.05. The summed E-state index contributed by atoms with van der Waals surface area (Å²) in [7, 11) is 0. The van der Waals surface area contributed by atoms with Crippen molar-refractivity contribution < 1.29 is 9.59 Å². The van der Waals surface area contributed by atoms with E-state index in [1.807, 2.05) is 31.2 Å². The van der Waals surface area contributed by atoms with Gasteiger partial charge in [-0.05, 0) is 50.6 Å². The van der Waals surface area contributed by atoms with E-state index < -0.39 is 0 Å². The third-order valence-electron chi connectivity index (χ3n) is 4.01. The number of halogens is 1. The van der Waals surface area contributed by atoms with E-state index in [9.17, 15) is 9.59 Å². The molecule has 1 aromatic rings. The molecule has 0 spiro atoms. The molecule has 1 heterocycles. The first kappa shape index (κ1) is 17.9. The van der Waals surface area contributed by atoms with Crippen molar-refractivity contribution in [3.63, 3.8) is 0 Å². The van der Waals surface area contributed by atoms with Gasteiger partial charge in [-0.1, -0.05) is 15.9 Å². The van der Waals surface area contributed by atoms with Gasteiger partial charge in [-0.25, -0.2) is 0 Å². The summed E-state index contributed by atoms with van der Waals surface area (Å²) in [5.74, 6) is 0.196. The van der Waals surface area contributed by atoms with E-state index in [1.54, 1.807) is 0 Å². The molecule has 1 saturated heterocycles. The minimum atomic E-state index is 0.00690. The molecule has 0 radical (unpaired) electrons. The van der Waals surface area contributed by atoms with Crippen LogP contribution in [0.25, 0.3) is 0 Å². The fourth-order valence-electron chi connectivity index (χ4n) is 2.81. The first-order chi connectivity index (χ1) is 11.1. The minimum absolute atomic E-state index is 0.00690. The number of anilines is 1. The smallest absolute Gasteiger partial charge is 0.225 e. The second kappa shape index (κ2) is 9.03. The van der Waals surface area contributed by atoms with Crippen LogP contribution in [0.1, 0.15) is 26.2 Å². The van der Waals surface area contributed by atoms with Crippen LogP contribution in [-0.2, 0) is 9.59 Å². The van der Waals surface area contributed by atoms with Gasteiger partial charge in [0.2, 0.25) is 11.8 Å². The lowest BCUT2D eigenvalue weighted by molar-refractivity contribution is -0.126. The highest BCUT2D eigenvalue weighted by atomic mass is 79.9. The van der Waals surface area contributed by atoms with E-state index in [1.165, 1.54) is 0 Å². The molecule has 0 bridgehead atoms. The Morgan fingerprint density at radius 3 is 2.74 bits per heavy atom. The van der Waals surface area contributed by atoms with E-state index >= 15 is 0 Å². The number of hydrogen-bond donors (Lipinski definition) is 2. The molecule has 23 heavy (non-hydrogen) atoms. The van der Waals surface area contributed by atoms with Gasteiger partial charge in [0.05, 0.1) is 5.92 Å². The van der Waals surface area contributed by atoms with Crippen molar-refractivity contribution in [2.45, 2.75) is 26.2 Å². The standard InChI is InChI=1S/C17H24BrN3O2/c1-2-19-17(23)13-4-3-10-21(12-13)11-9-16(22)20-15-7-5-14(18)6-8-15/h5-8,13H,2-4,9-12H2,1H3,(H,19,23)(H,20,22). The second-order valence-corrected chi connectivity index (χ2v) is 6.76. The van der Waals surface area contributed by atoms with Crippen LogP contribution in [0.4, 0.5) is 5.69 Å². The Morgan fingerprint density at radius 2 is 2.04 bits per heavy atom. The SMILES string of the molecule is CCNC(=O)C1CCCN(CCC(=O)Nc2ccc(Br)cc2)C1. The number of likely N-dealkylation sites (tertiary alicyclic amines) is 1. The average Bonchev–Trinajstić information content (AvgIpc) is 2.56. The number of carbonyl (C=O) groups is 2. The van der Waals surface area contributed by atoms with Crippen LogP contribution in [0.15, 0.2) is 28.7 Å². The van der Waals surface area contributed by atoms with Crippen molar-refractivity contribution in [3.8, 4) is 0 Å². The molecule has 126 valence electrons. The van der Waals surface area contributed by atoms with Crippen LogP contribution in [-0.4, -0.2) is 42.9 Å². The maximum absolute atomic E-state index is 12.0. The highest BCUT2D eigenvalue weighted by Gasteiger charge is 2.25. The van der Waals surface area contributed by atoms with Crippen LogP contribution >= 0.6 is 15.9 Å². The van der Waals surface area contributed by atoms with Gasteiger partial charge in [0.1, 0.15) is 0 Å². The predicted octanol–water partition coefficient (Wildman–Crippen LogP) is 2.63. The molecule has 6 heteroatoms. The van der Waals surface area contributed by atoms with E-state index in [-0.39, 0.29) is 17.7 Å². The van der Waals surface area contributed by atoms with E-state index in [4.69, 9.17) is 0 Å². The molecular weight excluding hydrogens is 358 g/mol. The molecule has 2 N–H and O–H groups in total. The van der Waals surface area contributed by atoms with Gasteiger partial charge in [0.15, 0.2) is 0 Å².